The van der Waals surface area contributed by atoms with Crippen LogP contribution in [0.4, 0.5) is 0 Å². The van der Waals surface area contributed by atoms with Crippen LogP contribution in [-0.4, -0.2) is 68.0 Å². The second-order valence-corrected chi connectivity index (χ2v) is 4.48. The van der Waals surface area contributed by atoms with Crippen molar-refractivity contribution in [1.82, 2.24) is 0 Å². The van der Waals surface area contributed by atoms with Crippen molar-refractivity contribution >= 4 is 0 Å². The lowest BCUT2D eigenvalue weighted by molar-refractivity contribution is -0.532. The predicted octanol–water partition coefficient (Wildman–Crippen LogP) is -2.97. The molecule has 1 heterocycles. The number of phenols is 1. The smallest absolute Gasteiger partial charge is 0.121 e. The van der Waals surface area contributed by atoms with Crippen molar-refractivity contribution in [2.75, 3.05) is 6.61 Å². The summed E-state index contributed by atoms with van der Waals surface area (Å²) in [6.45, 7) is -0.670. The van der Waals surface area contributed by atoms with E-state index >= 15 is 0 Å². The number of aliphatic hydroxyl groups is 5. The van der Waals surface area contributed by atoms with Gasteiger partial charge < -0.3 is 40.5 Å². The molecule has 0 bridgehead atoms. The molecule has 1 aromatic carbocycles. The lowest BCUT2D eigenvalue weighted by atomic mass is 10.00. The maximum atomic E-state index is 10.7. The molecule has 5 atom stereocenters. The van der Waals surface area contributed by atoms with Crippen LogP contribution in [0.5, 0.6) is 5.75 Å². The van der Waals surface area contributed by atoms with Gasteiger partial charge in [-0.15, -0.1) is 0 Å². The molecule has 0 unspecified atom stereocenters. The van der Waals surface area contributed by atoms with E-state index in [0.29, 0.717) is 5.56 Å². The Hall–Kier alpha value is -1.26. The Bertz CT molecular complexity index is 422. The van der Waals surface area contributed by atoms with Crippen molar-refractivity contribution in [3.8, 4) is 5.75 Å². The second kappa shape index (κ2) is 8.25. The van der Waals surface area contributed by atoms with E-state index in [9.17, 15) is 5.11 Å². The average molecular weight is 303 g/mol. The Morgan fingerprint density at radius 1 is 1.00 bits per heavy atom. The molecule has 120 valence electrons. The van der Waals surface area contributed by atoms with Crippen LogP contribution >= 0.6 is 0 Å². The Balaban J connectivity index is 0.000000219. The Morgan fingerprint density at radius 2 is 1.62 bits per heavy atom. The minimum atomic E-state index is -1.82. The van der Waals surface area contributed by atoms with Crippen LogP contribution in [0.3, 0.4) is 0 Å². The summed E-state index contributed by atoms with van der Waals surface area (Å²) in [6.07, 6.45) is -7.57. The van der Waals surface area contributed by atoms with Gasteiger partial charge >= 0.3 is 0 Å². The minimum Gasteiger partial charge on any atom is -0.829 e. The van der Waals surface area contributed by atoms with Gasteiger partial charge in [0, 0.05) is 11.9 Å². The van der Waals surface area contributed by atoms with Crippen LogP contribution in [0.2, 0.25) is 0 Å². The van der Waals surface area contributed by atoms with Gasteiger partial charge in [-0.05, 0) is 6.07 Å². The average Bonchev–Trinajstić information content (AvgIpc) is 2.50. The number of benzene rings is 1. The lowest BCUT2D eigenvalue weighted by Gasteiger charge is -2.43. The molecule has 8 nitrogen and oxygen atoms in total. The third kappa shape index (κ3) is 4.61. The summed E-state index contributed by atoms with van der Waals surface area (Å²) < 4.78 is 4.46. The highest BCUT2D eigenvalue weighted by atomic mass is 16.6. The van der Waals surface area contributed by atoms with Gasteiger partial charge in [0.15, 0.2) is 0 Å². The van der Waals surface area contributed by atoms with Crippen molar-refractivity contribution < 1.29 is 40.5 Å². The normalized spacial score (nSPS) is 32.2. The molecule has 1 fully saturated rings. The summed E-state index contributed by atoms with van der Waals surface area (Å²) in [5.41, 5.74) is 0.567. The highest BCUT2D eigenvalue weighted by Crippen LogP contribution is 2.17. The Labute approximate surface area is 121 Å². The van der Waals surface area contributed by atoms with Crippen molar-refractivity contribution in [2.45, 2.75) is 37.3 Å². The van der Waals surface area contributed by atoms with Gasteiger partial charge in [-0.3, -0.25) is 0 Å². The zero-order valence-electron chi connectivity index (χ0n) is 11.1. The Kier molecular flexibility index (Phi) is 6.99. The number of rotatable bonds is 2. The van der Waals surface area contributed by atoms with E-state index in [1.165, 1.54) is 0 Å². The number of hydrogen-bond acceptors (Lipinski definition) is 8. The van der Waals surface area contributed by atoms with E-state index in [1.54, 1.807) is 24.3 Å². The maximum absolute atomic E-state index is 10.7. The van der Waals surface area contributed by atoms with Crippen LogP contribution in [0, 0.1) is 0 Å². The van der Waals surface area contributed by atoms with Gasteiger partial charge in [0.1, 0.15) is 24.1 Å². The SMILES string of the molecule is OCc1ccccc1O.[O-][C@@H]1O[C@H](CO)[C@@H](O)[C@H](O)[C@H]1O. The first-order chi connectivity index (χ1) is 9.92. The highest BCUT2D eigenvalue weighted by Gasteiger charge is 2.38. The molecule has 0 spiro atoms. The number of para-hydroxylation sites is 1. The minimum absolute atomic E-state index is 0.104. The Morgan fingerprint density at radius 3 is 2.10 bits per heavy atom. The highest BCUT2D eigenvalue weighted by molar-refractivity contribution is 5.30. The molecule has 1 aliphatic rings. The molecule has 0 aliphatic carbocycles. The van der Waals surface area contributed by atoms with Crippen LogP contribution in [0.1, 0.15) is 5.56 Å². The molecule has 1 saturated heterocycles. The van der Waals surface area contributed by atoms with Crippen LogP contribution in [-0.2, 0) is 11.3 Å². The number of hydrogen-bond donors (Lipinski definition) is 6. The van der Waals surface area contributed by atoms with E-state index in [2.05, 4.69) is 4.74 Å². The summed E-state index contributed by atoms with van der Waals surface area (Å²) in [5.74, 6) is 0.153. The molecular formula is C13H19O8-. The van der Waals surface area contributed by atoms with Crippen molar-refractivity contribution in [3.05, 3.63) is 29.8 Å². The molecule has 0 aromatic heterocycles. The third-order valence-corrected chi connectivity index (χ3v) is 3.01. The first-order valence-corrected chi connectivity index (χ1v) is 6.26. The maximum Gasteiger partial charge on any atom is 0.121 e. The van der Waals surface area contributed by atoms with Crippen LogP contribution < -0.4 is 5.11 Å². The van der Waals surface area contributed by atoms with Crippen molar-refractivity contribution in [2.24, 2.45) is 0 Å². The van der Waals surface area contributed by atoms with Gasteiger partial charge in [0.25, 0.3) is 0 Å². The van der Waals surface area contributed by atoms with Gasteiger partial charge in [-0.1, -0.05) is 18.2 Å². The topological polar surface area (TPSA) is 154 Å². The quantitative estimate of drug-likeness (QED) is 0.338. The predicted molar refractivity (Wildman–Crippen MR) is 67.8 cm³/mol. The van der Waals surface area contributed by atoms with Gasteiger partial charge in [0.2, 0.25) is 0 Å². The fourth-order valence-electron chi connectivity index (χ4n) is 1.71. The fraction of sp³-hybridized carbons (Fsp3) is 0.538. The number of aromatic hydroxyl groups is 1. The van der Waals surface area contributed by atoms with E-state index < -0.39 is 37.3 Å². The fourth-order valence-corrected chi connectivity index (χ4v) is 1.71. The van der Waals surface area contributed by atoms with Gasteiger partial charge in [-0.25, -0.2) is 0 Å². The first-order valence-electron chi connectivity index (χ1n) is 6.26. The van der Waals surface area contributed by atoms with Gasteiger partial charge in [0.05, 0.1) is 19.3 Å². The van der Waals surface area contributed by atoms with E-state index in [-0.39, 0.29) is 12.4 Å². The van der Waals surface area contributed by atoms with E-state index in [1.807, 2.05) is 0 Å². The van der Waals surface area contributed by atoms with Gasteiger partial charge in [-0.2, -0.15) is 0 Å². The molecular weight excluding hydrogens is 284 g/mol. The molecule has 6 N–H and O–H groups in total. The summed E-state index contributed by atoms with van der Waals surface area (Å²) in [7, 11) is 0. The molecule has 2 rings (SSSR count). The number of aliphatic hydroxyl groups excluding tert-OH is 5. The molecule has 0 radical (unpaired) electrons. The first kappa shape index (κ1) is 17.8. The lowest BCUT2D eigenvalue weighted by Crippen LogP contribution is -2.62. The summed E-state index contributed by atoms with van der Waals surface area (Å²) >= 11 is 0. The van der Waals surface area contributed by atoms with Crippen molar-refractivity contribution in [3.63, 3.8) is 0 Å². The summed E-state index contributed by atoms with van der Waals surface area (Å²) in [5, 5.41) is 63.8. The summed E-state index contributed by atoms with van der Waals surface area (Å²) in [4.78, 5) is 0. The molecule has 1 aromatic rings. The molecule has 1 aliphatic heterocycles. The standard InChI is InChI=1S/C7H8O2.C6H11O6/c8-5-6-3-1-2-4-7(6)9;7-1-2-3(8)4(9)5(10)6(11)12-2/h1-4,8-9H,5H2;2-10H,1H2/q;-1/t;2-,3-,4+,5-,6-/m.1/s1. The third-order valence-electron chi connectivity index (χ3n) is 3.01. The van der Waals surface area contributed by atoms with Crippen LogP contribution in [0.15, 0.2) is 24.3 Å². The monoisotopic (exact) mass is 303 g/mol. The van der Waals surface area contributed by atoms with Crippen molar-refractivity contribution in [1.29, 1.82) is 0 Å². The second-order valence-electron chi connectivity index (χ2n) is 4.48. The molecule has 0 amide bonds. The molecule has 0 saturated carbocycles. The van der Waals surface area contributed by atoms with Crippen LogP contribution in [0.25, 0.3) is 0 Å². The largest absolute Gasteiger partial charge is 0.829 e. The molecule has 21 heavy (non-hydrogen) atoms. The van der Waals surface area contributed by atoms with E-state index in [0.717, 1.165) is 0 Å². The zero-order chi connectivity index (χ0) is 16.0. The number of ether oxygens (including phenoxy) is 1. The summed E-state index contributed by atoms with van der Waals surface area (Å²) in [6, 6.07) is 6.71. The van der Waals surface area contributed by atoms with E-state index in [4.69, 9.17) is 30.6 Å². The molecule has 8 heteroatoms. The zero-order valence-corrected chi connectivity index (χ0v) is 11.1.